The highest BCUT2D eigenvalue weighted by atomic mass is 16.5. The zero-order valence-corrected chi connectivity index (χ0v) is 5.93. The Labute approximate surface area is 62.7 Å². The lowest BCUT2D eigenvalue weighted by atomic mass is 10.6. The van der Waals surface area contributed by atoms with Crippen LogP contribution >= 0.6 is 0 Å². The zero-order chi connectivity index (χ0) is 7.68. The predicted octanol–water partition coefficient (Wildman–Crippen LogP) is 0.133. The van der Waals surface area contributed by atoms with Crippen molar-refractivity contribution < 1.29 is 4.74 Å². The number of hydrogen-bond donors (Lipinski definition) is 0. The molecule has 0 unspecified atom stereocenters. The van der Waals surface area contributed by atoms with Gasteiger partial charge in [-0.3, -0.25) is 0 Å². The van der Waals surface area contributed by atoms with Crippen LogP contribution < -0.4 is 4.74 Å². The van der Waals surface area contributed by atoms with E-state index in [1.807, 2.05) is 0 Å². The first-order valence-electron chi connectivity index (χ1n) is 3.10. The second-order valence-electron chi connectivity index (χ2n) is 1.96. The van der Waals surface area contributed by atoms with Crippen LogP contribution in [0.2, 0.25) is 0 Å². The fraction of sp³-hybridized carbons (Fsp3) is 0.167. The molecule has 0 amide bonds. The molecular weight excluding hydrogens is 144 g/mol. The van der Waals surface area contributed by atoms with Crippen LogP contribution in [0.4, 0.5) is 0 Å². The molecule has 11 heavy (non-hydrogen) atoms. The number of aromatic nitrogens is 4. The minimum Gasteiger partial charge on any atom is -0.467 e. The van der Waals surface area contributed by atoms with E-state index in [1.54, 1.807) is 19.4 Å². The SMILES string of the molecule is COc1nccc2ncnn12. The Morgan fingerprint density at radius 3 is 3.18 bits per heavy atom. The summed E-state index contributed by atoms with van der Waals surface area (Å²) in [5, 5.41) is 3.91. The molecule has 2 aromatic heterocycles. The lowest BCUT2D eigenvalue weighted by Gasteiger charge is -1.97. The summed E-state index contributed by atoms with van der Waals surface area (Å²) in [6.07, 6.45) is 3.09. The summed E-state index contributed by atoms with van der Waals surface area (Å²) in [5.74, 6) is 0. The number of fused-ring (bicyclic) bond motifs is 1. The van der Waals surface area contributed by atoms with Gasteiger partial charge in [0.25, 0.3) is 0 Å². The van der Waals surface area contributed by atoms with E-state index in [4.69, 9.17) is 4.74 Å². The minimum absolute atomic E-state index is 0.444. The van der Waals surface area contributed by atoms with Crippen molar-refractivity contribution in [2.45, 2.75) is 0 Å². The van der Waals surface area contributed by atoms with Gasteiger partial charge in [0.15, 0.2) is 5.65 Å². The van der Waals surface area contributed by atoms with Crippen LogP contribution in [-0.2, 0) is 0 Å². The number of rotatable bonds is 1. The molecule has 2 rings (SSSR count). The molecule has 0 atom stereocenters. The second kappa shape index (κ2) is 2.19. The molecule has 56 valence electrons. The smallest absolute Gasteiger partial charge is 0.319 e. The van der Waals surface area contributed by atoms with Gasteiger partial charge in [0.05, 0.1) is 7.11 Å². The van der Waals surface area contributed by atoms with Crippen LogP contribution in [0.1, 0.15) is 0 Å². The zero-order valence-electron chi connectivity index (χ0n) is 5.93. The highest BCUT2D eigenvalue weighted by molar-refractivity contribution is 5.35. The average molecular weight is 150 g/mol. The molecule has 2 aromatic rings. The summed E-state index contributed by atoms with van der Waals surface area (Å²) in [6.45, 7) is 0. The summed E-state index contributed by atoms with van der Waals surface area (Å²) < 4.78 is 6.46. The lowest BCUT2D eigenvalue weighted by molar-refractivity contribution is 0.367. The van der Waals surface area contributed by atoms with E-state index in [2.05, 4.69) is 15.1 Å². The molecule has 0 aliphatic carbocycles. The normalized spacial score (nSPS) is 10.3. The van der Waals surface area contributed by atoms with Gasteiger partial charge >= 0.3 is 6.01 Å². The molecule has 0 N–H and O–H groups in total. The van der Waals surface area contributed by atoms with Crippen LogP contribution in [0.3, 0.4) is 0 Å². The Bertz CT molecular complexity index is 369. The van der Waals surface area contributed by atoms with Crippen LogP contribution in [0.5, 0.6) is 6.01 Å². The quantitative estimate of drug-likeness (QED) is 0.580. The maximum absolute atomic E-state index is 4.94. The molecular formula is C6H6N4O. The molecule has 0 aromatic carbocycles. The van der Waals surface area contributed by atoms with E-state index < -0.39 is 0 Å². The summed E-state index contributed by atoms with van der Waals surface area (Å²) >= 11 is 0. The number of ether oxygens (including phenoxy) is 1. The van der Waals surface area contributed by atoms with E-state index in [9.17, 15) is 0 Å². The Balaban J connectivity index is 2.79. The van der Waals surface area contributed by atoms with Gasteiger partial charge in [0, 0.05) is 12.3 Å². The first kappa shape index (κ1) is 6.09. The number of methoxy groups -OCH3 is 1. The standard InChI is InChI=1S/C6H6N4O/c1-11-6-7-3-2-5-8-4-9-10(5)6/h2-4H,1H3. The molecule has 0 aliphatic heterocycles. The molecule has 0 aliphatic rings. The fourth-order valence-electron chi connectivity index (χ4n) is 0.873. The Kier molecular flexibility index (Phi) is 1.21. The molecule has 0 saturated carbocycles. The maximum Gasteiger partial charge on any atom is 0.319 e. The average Bonchev–Trinajstić information content (AvgIpc) is 2.50. The van der Waals surface area contributed by atoms with Crippen molar-refractivity contribution in [1.82, 2.24) is 19.6 Å². The van der Waals surface area contributed by atoms with E-state index in [1.165, 1.54) is 10.8 Å². The van der Waals surface area contributed by atoms with Gasteiger partial charge in [-0.25, -0.2) is 9.97 Å². The first-order chi connectivity index (χ1) is 5.42. The summed E-state index contributed by atoms with van der Waals surface area (Å²) in [4.78, 5) is 7.90. The van der Waals surface area contributed by atoms with Crippen molar-refractivity contribution >= 4 is 5.65 Å². The van der Waals surface area contributed by atoms with Crippen molar-refractivity contribution in [3.8, 4) is 6.01 Å². The van der Waals surface area contributed by atoms with Gasteiger partial charge in [-0.05, 0) is 0 Å². The molecule has 0 radical (unpaired) electrons. The molecule has 5 heteroatoms. The van der Waals surface area contributed by atoms with Crippen LogP contribution in [0.25, 0.3) is 5.65 Å². The Hall–Kier alpha value is -1.65. The van der Waals surface area contributed by atoms with Crippen molar-refractivity contribution in [3.05, 3.63) is 18.6 Å². The van der Waals surface area contributed by atoms with Crippen LogP contribution in [0.15, 0.2) is 18.6 Å². The van der Waals surface area contributed by atoms with Gasteiger partial charge in [0.1, 0.15) is 6.33 Å². The van der Waals surface area contributed by atoms with Crippen LogP contribution in [0, 0.1) is 0 Å². The summed E-state index contributed by atoms with van der Waals surface area (Å²) in [6, 6.07) is 2.20. The van der Waals surface area contributed by atoms with Gasteiger partial charge < -0.3 is 4.74 Å². The van der Waals surface area contributed by atoms with E-state index in [-0.39, 0.29) is 0 Å². The third-order valence-corrected chi connectivity index (χ3v) is 1.35. The number of hydrogen-bond acceptors (Lipinski definition) is 4. The molecule has 5 nitrogen and oxygen atoms in total. The highest BCUT2D eigenvalue weighted by Crippen LogP contribution is 2.05. The molecule has 2 heterocycles. The molecule has 0 fully saturated rings. The van der Waals surface area contributed by atoms with Crippen molar-refractivity contribution in [1.29, 1.82) is 0 Å². The topological polar surface area (TPSA) is 52.3 Å². The predicted molar refractivity (Wildman–Crippen MR) is 37.3 cm³/mol. The van der Waals surface area contributed by atoms with Gasteiger partial charge in [-0.1, -0.05) is 0 Å². The molecule has 0 saturated heterocycles. The van der Waals surface area contributed by atoms with E-state index in [0.29, 0.717) is 6.01 Å². The highest BCUT2D eigenvalue weighted by Gasteiger charge is 2.00. The van der Waals surface area contributed by atoms with Gasteiger partial charge in [-0.15, -0.1) is 0 Å². The number of nitrogens with zero attached hydrogens (tertiary/aromatic N) is 4. The lowest BCUT2D eigenvalue weighted by Crippen LogP contribution is -1.97. The van der Waals surface area contributed by atoms with E-state index >= 15 is 0 Å². The molecule has 0 spiro atoms. The summed E-state index contributed by atoms with van der Waals surface area (Å²) in [7, 11) is 1.55. The fourth-order valence-corrected chi connectivity index (χ4v) is 0.873. The maximum atomic E-state index is 4.94. The van der Waals surface area contributed by atoms with Gasteiger partial charge in [-0.2, -0.15) is 9.61 Å². The summed E-state index contributed by atoms with van der Waals surface area (Å²) in [5.41, 5.74) is 0.733. The van der Waals surface area contributed by atoms with Crippen molar-refractivity contribution in [2.24, 2.45) is 0 Å². The minimum atomic E-state index is 0.444. The third-order valence-electron chi connectivity index (χ3n) is 1.35. The second-order valence-corrected chi connectivity index (χ2v) is 1.96. The van der Waals surface area contributed by atoms with Gasteiger partial charge in [0.2, 0.25) is 0 Å². The van der Waals surface area contributed by atoms with E-state index in [0.717, 1.165) is 5.65 Å². The largest absolute Gasteiger partial charge is 0.467 e. The Morgan fingerprint density at radius 2 is 2.36 bits per heavy atom. The van der Waals surface area contributed by atoms with Crippen LogP contribution in [-0.4, -0.2) is 26.7 Å². The third kappa shape index (κ3) is 0.813. The monoisotopic (exact) mass is 150 g/mol. The van der Waals surface area contributed by atoms with Crippen molar-refractivity contribution in [3.63, 3.8) is 0 Å². The molecule has 0 bridgehead atoms. The first-order valence-corrected chi connectivity index (χ1v) is 3.10. The Morgan fingerprint density at radius 1 is 1.45 bits per heavy atom. The van der Waals surface area contributed by atoms with Crippen molar-refractivity contribution in [2.75, 3.05) is 7.11 Å².